The van der Waals surface area contributed by atoms with Gasteiger partial charge in [-0.15, -0.1) is 0 Å². The first-order valence-electron chi connectivity index (χ1n) is 4.10. The highest BCUT2D eigenvalue weighted by molar-refractivity contribution is 5.55. The maximum absolute atomic E-state index is 12.2. The Labute approximate surface area is 79.5 Å². The van der Waals surface area contributed by atoms with Crippen LogP contribution < -0.4 is 0 Å². The van der Waals surface area contributed by atoms with Gasteiger partial charge in [-0.25, -0.2) is 0 Å². The van der Waals surface area contributed by atoms with E-state index in [0.29, 0.717) is 5.56 Å². The van der Waals surface area contributed by atoms with Crippen molar-refractivity contribution in [1.29, 1.82) is 0 Å². The van der Waals surface area contributed by atoms with Crippen LogP contribution >= 0.6 is 0 Å². The van der Waals surface area contributed by atoms with E-state index in [0.717, 1.165) is 0 Å². The minimum absolute atomic E-state index is 0.0486. The molecular formula is C10H9F3O. The average Bonchev–Trinajstić information content (AvgIpc) is 2.14. The summed E-state index contributed by atoms with van der Waals surface area (Å²) in [6.45, 7) is 0. The molecule has 4 heteroatoms. The minimum atomic E-state index is -4.45. The molecule has 0 spiro atoms. The summed E-state index contributed by atoms with van der Waals surface area (Å²) < 4.78 is 36.5. The van der Waals surface area contributed by atoms with Crippen molar-refractivity contribution >= 4 is 6.29 Å². The molecule has 14 heavy (non-hydrogen) atoms. The lowest BCUT2D eigenvalue weighted by Gasteiger charge is -2.13. The van der Waals surface area contributed by atoms with Gasteiger partial charge in [-0.3, -0.25) is 0 Å². The van der Waals surface area contributed by atoms with Gasteiger partial charge in [-0.05, 0) is 12.0 Å². The molecule has 0 aromatic heterocycles. The van der Waals surface area contributed by atoms with Crippen molar-refractivity contribution in [3.05, 3.63) is 35.9 Å². The second-order valence-corrected chi connectivity index (χ2v) is 2.97. The van der Waals surface area contributed by atoms with Gasteiger partial charge in [0.1, 0.15) is 12.2 Å². The van der Waals surface area contributed by atoms with E-state index in [1.165, 1.54) is 0 Å². The van der Waals surface area contributed by atoms with Gasteiger partial charge in [0.15, 0.2) is 0 Å². The summed E-state index contributed by atoms with van der Waals surface area (Å²) >= 11 is 0. The summed E-state index contributed by atoms with van der Waals surface area (Å²) in [5, 5.41) is 0. The Bertz CT molecular complexity index is 292. The van der Waals surface area contributed by atoms with Crippen molar-refractivity contribution in [3.63, 3.8) is 0 Å². The molecule has 1 unspecified atom stereocenters. The van der Waals surface area contributed by atoms with Gasteiger partial charge in [0, 0.05) is 0 Å². The number of carbonyl (C=O) groups is 1. The lowest BCUT2D eigenvalue weighted by molar-refractivity contribution is -0.174. The zero-order valence-electron chi connectivity index (χ0n) is 7.29. The van der Waals surface area contributed by atoms with Crippen molar-refractivity contribution in [2.75, 3.05) is 0 Å². The molecule has 0 saturated heterocycles. The number of hydrogen-bond acceptors (Lipinski definition) is 1. The molecule has 0 N–H and O–H groups in total. The summed E-state index contributed by atoms with van der Waals surface area (Å²) in [6, 6.07) is 8.15. The van der Waals surface area contributed by atoms with Crippen LogP contribution in [0.25, 0.3) is 0 Å². The molecule has 1 aromatic rings. The van der Waals surface area contributed by atoms with E-state index in [2.05, 4.69) is 0 Å². The molecule has 0 aliphatic carbocycles. The Morgan fingerprint density at radius 2 is 1.79 bits per heavy atom. The third kappa shape index (κ3) is 2.87. The standard InChI is InChI=1S/C10H9F3O/c11-10(12,13)9(7-14)6-8-4-2-1-3-5-8/h1-5,7,9H,6H2. The van der Waals surface area contributed by atoms with Crippen LogP contribution in [0.5, 0.6) is 0 Å². The van der Waals surface area contributed by atoms with Crippen LogP contribution in [0.15, 0.2) is 30.3 Å². The molecule has 1 rings (SSSR count). The van der Waals surface area contributed by atoms with Crippen LogP contribution in [0.2, 0.25) is 0 Å². The molecular weight excluding hydrogens is 193 g/mol. The van der Waals surface area contributed by atoms with Gasteiger partial charge < -0.3 is 4.79 Å². The Hall–Kier alpha value is -1.32. The van der Waals surface area contributed by atoms with Crippen LogP contribution in [-0.4, -0.2) is 12.5 Å². The first-order valence-corrected chi connectivity index (χ1v) is 4.10. The van der Waals surface area contributed by atoms with Gasteiger partial charge in [-0.1, -0.05) is 30.3 Å². The fraction of sp³-hybridized carbons (Fsp3) is 0.300. The molecule has 1 atom stereocenters. The largest absolute Gasteiger partial charge is 0.398 e. The van der Waals surface area contributed by atoms with Crippen molar-refractivity contribution in [2.24, 2.45) is 5.92 Å². The van der Waals surface area contributed by atoms with E-state index >= 15 is 0 Å². The highest BCUT2D eigenvalue weighted by atomic mass is 19.4. The lowest BCUT2D eigenvalue weighted by Crippen LogP contribution is -2.26. The van der Waals surface area contributed by atoms with Crippen molar-refractivity contribution in [2.45, 2.75) is 12.6 Å². The van der Waals surface area contributed by atoms with Gasteiger partial charge in [0.25, 0.3) is 0 Å². The topological polar surface area (TPSA) is 17.1 Å². The number of halogens is 3. The monoisotopic (exact) mass is 202 g/mol. The Morgan fingerprint density at radius 3 is 2.21 bits per heavy atom. The molecule has 0 aliphatic heterocycles. The second kappa shape index (κ2) is 4.26. The van der Waals surface area contributed by atoms with E-state index in [9.17, 15) is 18.0 Å². The van der Waals surface area contributed by atoms with Crippen LogP contribution in [0, 0.1) is 5.92 Å². The molecule has 0 heterocycles. The quantitative estimate of drug-likeness (QED) is 0.688. The molecule has 0 aliphatic rings. The van der Waals surface area contributed by atoms with Crippen molar-refractivity contribution in [1.82, 2.24) is 0 Å². The predicted octanol–water partition coefficient (Wildman–Crippen LogP) is 2.61. The fourth-order valence-corrected chi connectivity index (χ4v) is 1.11. The first-order chi connectivity index (χ1) is 6.54. The Morgan fingerprint density at radius 1 is 1.21 bits per heavy atom. The van der Waals surface area contributed by atoms with E-state index in [1.807, 2.05) is 0 Å². The maximum Gasteiger partial charge on any atom is 0.398 e. The fourth-order valence-electron chi connectivity index (χ4n) is 1.11. The van der Waals surface area contributed by atoms with E-state index in [-0.39, 0.29) is 12.7 Å². The summed E-state index contributed by atoms with van der Waals surface area (Å²) in [7, 11) is 0. The minimum Gasteiger partial charge on any atom is -0.303 e. The van der Waals surface area contributed by atoms with Crippen molar-refractivity contribution < 1.29 is 18.0 Å². The van der Waals surface area contributed by atoms with Crippen molar-refractivity contribution in [3.8, 4) is 0 Å². The molecule has 1 aromatic carbocycles. The number of hydrogen-bond donors (Lipinski definition) is 0. The molecule has 0 amide bonds. The summed E-state index contributed by atoms with van der Waals surface area (Å²) in [5.41, 5.74) is 0.516. The SMILES string of the molecule is O=CC(Cc1ccccc1)C(F)(F)F. The zero-order valence-corrected chi connectivity index (χ0v) is 7.29. The van der Waals surface area contributed by atoms with E-state index < -0.39 is 12.1 Å². The van der Waals surface area contributed by atoms with Gasteiger partial charge in [0.2, 0.25) is 0 Å². The van der Waals surface area contributed by atoms with Gasteiger partial charge in [-0.2, -0.15) is 13.2 Å². The summed E-state index contributed by atoms with van der Waals surface area (Å²) in [5.74, 6) is -1.90. The normalized spacial score (nSPS) is 13.6. The molecule has 1 nitrogen and oxygen atoms in total. The molecule has 0 fully saturated rings. The van der Waals surface area contributed by atoms with Crippen LogP contribution in [0.1, 0.15) is 5.56 Å². The Balaban J connectivity index is 2.72. The molecule has 76 valence electrons. The third-order valence-electron chi connectivity index (χ3n) is 1.88. The van der Waals surface area contributed by atoms with Crippen LogP contribution in [0.4, 0.5) is 13.2 Å². The maximum atomic E-state index is 12.2. The molecule has 0 saturated carbocycles. The number of rotatable bonds is 3. The number of alkyl halides is 3. The summed E-state index contributed by atoms with van der Waals surface area (Å²) in [6.07, 6.45) is -4.78. The van der Waals surface area contributed by atoms with E-state index in [1.54, 1.807) is 30.3 Å². The van der Waals surface area contributed by atoms with Crippen LogP contribution in [0.3, 0.4) is 0 Å². The average molecular weight is 202 g/mol. The predicted molar refractivity (Wildman–Crippen MR) is 45.8 cm³/mol. The highest BCUT2D eigenvalue weighted by Gasteiger charge is 2.39. The number of carbonyl (C=O) groups excluding carboxylic acids is 1. The third-order valence-corrected chi connectivity index (χ3v) is 1.88. The second-order valence-electron chi connectivity index (χ2n) is 2.97. The molecule has 0 radical (unpaired) electrons. The number of aldehydes is 1. The zero-order chi connectivity index (χ0) is 10.6. The van der Waals surface area contributed by atoms with Gasteiger partial charge in [0.05, 0.1) is 0 Å². The number of benzene rings is 1. The van der Waals surface area contributed by atoms with Crippen LogP contribution in [-0.2, 0) is 11.2 Å². The first kappa shape index (κ1) is 10.8. The summed E-state index contributed by atoms with van der Waals surface area (Å²) in [4.78, 5) is 10.2. The Kier molecular flexibility index (Phi) is 3.28. The highest BCUT2D eigenvalue weighted by Crippen LogP contribution is 2.27. The van der Waals surface area contributed by atoms with E-state index in [4.69, 9.17) is 0 Å². The molecule has 0 bridgehead atoms. The smallest absolute Gasteiger partial charge is 0.303 e. The van der Waals surface area contributed by atoms with Gasteiger partial charge >= 0.3 is 6.18 Å². The lowest BCUT2D eigenvalue weighted by atomic mass is 10.0.